The molecule has 0 saturated heterocycles. The third kappa shape index (κ3) is 2.23. The molecule has 2 rings (SSSR count). The lowest BCUT2D eigenvalue weighted by Gasteiger charge is -2.11. The van der Waals surface area contributed by atoms with Gasteiger partial charge in [0.25, 0.3) is 0 Å². The topological polar surface area (TPSA) is 44.1 Å². The third-order valence-electron chi connectivity index (χ3n) is 2.90. The van der Waals surface area contributed by atoms with E-state index in [0.717, 1.165) is 3.70 Å². The minimum atomic E-state index is -0.267. The molecule has 0 spiro atoms. The molecule has 0 radical (unpaired) electrons. The third-order valence-corrected chi connectivity index (χ3v) is 3.98. The van der Waals surface area contributed by atoms with Gasteiger partial charge in [-0.15, -0.1) is 0 Å². The van der Waals surface area contributed by atoms with E-state index in [9.17, 15) is 4.79 Å². The molecule has 1 aliphatic carbocycles. The van der Waals surface area contributed by atoms with Crippen molar-refractivity contribution in [2.45, 2.75) is 38.6 Å². The summed E-state index contributed by atoms with van der Waals surface area (Å²) in [5.74, 6) is -0.267. The van der Waals surface area contributed by atoms with Crippen LogP contribution in [0.25, 0.3) is 0 Å². The number of ether oxygens (including phenoxy) is 1. The van der Waals surface area contributed by atoms with E-state index in [-0.39, 0.29) is 5.97 Å². The number of nitrogens with zero attached hydrogens (tertiary/aromatic N) is 2. The van der Waals surface area contributed by atoms with Gasteiger partial charge in [0.1, 0.15) is 9.26 Å². The van der Waals surface area contributed by atoms with Crippen molar-refractivity contribution in [1.29, 1.82) is 0 Å². The van der Waals surface area contributed by atoms with Gasteiger partial charge < -0.3 is 4.74 Å². The lowest BCUT2D eigenvalue weighted by molar-refractivity contribution is 0.0525. The second-order valence-electron chi connectivity index (χ2n) is 3.95. The minimum Gasteiger partial charge on any atom is -0.462 e. The van der Waals surface area contributed by atoms with Crippen LogP contribution in [-0.4, -0.2) is 22.4 Å². The van der Waals surface area contributed by atoms with E-state index in [1.54, 1.807) is 6.20 Å². The molecule has 16 heavy (non-hydrogen) atoms. The Morgan fingerprint density at radius 1 is 1.62 bits per heavy atom. The maximum absolute atomic E-state index is 11.6. The summed E-state index contributed by atoms with van der Waals surface area (Å²) < 4.78 is 7.87. The predicted octanol–water partition coefficient (Wildman–Crippen LogP) is 2.78. The van der Waals surface area contributed by atoms with Crippen LogP contribution in [0.5, 0.6) is 0 Å². The van der Waals surface area contributed by atoms with E-state index in [2.05, 4.69) is 27.7 Å². The first-order valence-electron chi connectivity index (χ1n) is 5.64. The van der Waals surface area contributed by atoms with Crippen LogP contribution in [0.4, 0.5) is 0 Å². The van der Waals surface area contributed by atoms with Crippen molar-refractivity contribution in [3.8, 4) is 0 Å². The van der Waals surface area contributed by atoms with Crippen molar-refractivity contribution in [2.24, 2.45) is 0 Å². The van der Waals surface area contributed by atoms with Gasteiger partial charge in [-0.3, -0.25) is 4.68 Å². The van der Waals surface area contributed by atoms with Crippen molar-refractivity contribution in [3.05, 3.63) is 15.5 Å². The Labute approximate surface area is 108 Å². The number of hydrogen-bond donors (Lipinski definition) is 0. The number of esters is 1. The van der Waals surface area contributed by atoms with Gasteiger partial charge in [-0.05, 0) is 42.4 Å². The fraction of sp³-hybridized carbons (Fsp3) is 0.636. The molecule has 1 aromatic heterocycles. The molecule has 4 nitrogen and oxygen atoms in total. The van der Waals surface area contributed by atoms with E-state index in [0.29, 0.717) is 18.2 Å². The molecule has 1 heterocycles. The molecule has 0 bridgehead atoms. The Kier molecular flexibility index (Phi) is 3.83. The van der Waals surface area contributed by atoms with E-state index >= 15 is 0 Å². The molecule has 1 fully saturated rings. The first kappa shape index (κ1) is 11.9. The van der Waals surface area contributed by atoms with Crippen LogP contribution in [0, 0.1) is 3.70 Å². The van der Waals surface area contributed by atoms with Crippen molar-refractivity contribution in [2.75, 3.05) is 6.61 Å². The number of rotatable bonds is 3. The molecule has 0 atom stereocenters. The SMILES string of the molecule is CCOC(=O)c1cnn(C2CCCC2)c1I. The molecule has 1 aliphatic rings. The van der Waals surface area contributed by atoms with Crippen LogP contribution < -0.4 is 0 Å². The summed E-state index contributed by atoms with van der Waals surface area (Å²) in [5.41, 5.74) is 0.592. The zero-order chi connectivity index (χ0) is 11.5. The first-order chi connectivity index (χ1) is 7.74. The van der Waals surface area contributed by atoms with E-state index in [4.69, 9.17) is 4.74 Å². The van der Waals surface area contributed by atoms with E-state index in [1.165, 1.54) is 25.7 Å². The molecule has 1 aromatic rings. The maximum atomic E-state index is 11.6. The van der Waals surface area contributed by atoms with Gasteiger partial charge in [-0.1, -0.05) is 12.8 Å². The predicted molar refractivity (Wildman–Crippen MR) is 68.4 cm³/mol. The highest BCUT2D eigenvalue weighted by Gasteiger charge is 2.23. The second kappa shape index (κ2) is 5.16. The number of carbonyl (C=O) groups is 1. The number of hydrogen-bond acceptors (Lipinski definition) is 3. The fourth-order valence-corrected chi connectivity index (χ4v) is 2.97. The summed E-state index contributed by atoms with van der Waals surface area (Å²) in [7, 11) is 0. The first-order valence-corrected chi connectivity index (χ1v) is 6.72. The Hall–Kier alpha value is -0.590. The normalized spacial score (nSPS) is 16.6. The summed E-state index contributed by atoms with van der Waals surface area (Å²) in [5, 5.41) is 4.31. The lowest BCUT2D eigenvalue weighted by atomic mass is 10.2. The monoisotopic (exact) mass is 334 g/mol. The Morgan fingerprint density at radius 2 is 2.31 bits per heavy atom. The van der Waals surface area contributed by atoms with Crippen LogP contribution >= 0.6 is 22.6 Å². The zero-order valence-corrected chi connectivity index (χ0v) is 11.4. The Bertz CT molecular complexity index is 383. The van der Waals surface area contributed by atoms with Crippen LogP contribution in [0.15, 0.2) is 6.20 Å². The molecule has 0 unspecified atom stereocenters. The number of carbonyl (C=O) groups excluding carboxylic acids is 1. The van der Waals surface area contributed by atoms with E-state index < -0.39 is 0 Å². The average Bonchev–Trinajstić information content (AvgIpc) is 2.86. The van der Waals surface area contributed by atoms with Crippen LogP contribution in [-0.2, 0) is 4.74 Å². The molecule has 0 N–H and O–H groups in total. The van der Waals surface area contributed by atoms with Crippen LogP contribution in [0.2, 0.25) is 0 Å². The smallest absolute Gasteiger partial charge is 0.342 e. The molecule has 1 saturated carbocycles. The molecule has 88 valence electrons. The van der Waals surface area contributed by atoms with Gasteiger partial charge in [-0.2, -0.15) is 5.10 Å². The molecular weight excluding hydrogens is 319 g/mol. The number of aromatic nitrogens is 2. The zero-order valence-electron chi connectivity index (χ0n) is 9.28. The van der Waals surface area contributed by atoms with Gasteiger partial charge in [0.2, 0.25) is 0 Å². The molecular formula is C11H15IN2O2. The van der Waals surface area contributed by atoms with Crippen molar-refractivity contribution in [1.82, 2.24) is 9.78 Å². The quantitative estimate of drug-likeness (QED) is 0.631. The van der Waals surface area contributed by atoms with Gasteiger partial charge in [0, 0.05) is 0 Å². The van der Waals surface area contributed by atoms with Gasteiger partial charge in [0.15, 0.2) is 0 Å². The van der Waals surface area contributed by atoms with E-state index in [1.807, 2.05) is 11.6 Å². The summed E-state index contributed by atoms with van der Waals surface area (Å²) in [6, 6.07) is 0.468. The molecule has 5 heteroatoms. The summed E-state index contributed by atoms with van der Waals surface area (Å²) in [6.45, 7) is 2.22. The van der Waals surface area contributed by atoms with Crippen molar-refractivity contribution in [3.63, 3.8) is 0 Å². The van der Waals surface area contributed by atoms with Gasteiger partial charge >= 0.3 is 5.97 Å². The van der Waals surface area contributed by atoms with Crippen LogP contribution in [0.1, 0.15) is 49.0 Å². The van der Waals surface area contributed by atoms with Gasteiger partial charge in [-0.25, -0.2) is 4.79 Å². The standard InChI is InChI=1S/C11H15IN2O2/c1-2-16-11(15)9-7-13-14(10(9)12)8-5-3-4-6-8/h7-8H,2-6H2,1H3. The largest absolute Gasteiger partial charge is 0.462 e. The maximum Gasteiger partial charge on any atom is 0.342 e. The summed E-state index contributed by atoms with van der Waals surface area (Å²) in [6.07, 6.45) is 6.47. The lowest BCUT2D eigenvalue weighted by Crippen LogP contribution is -2.11. The molecule has 0 aliphatic heterocycles. The fourth-order valence-electron chi connectivity index (χ4n) is 2.10. The highest BCUT2D eigenvalue weighted by atomic mass is 127. The summed E-state index contributed by atoms with van der Waals surface area (Å²) >= 11 is 2.18. The Morgan fingerprint density at radius 3 is 2.94 bits per heavy atom. The number of halogens is 1. The molecule has 0 amide bonds. The minimum absolute atomic E-state index is 0.267. The van der Waals surface area contributed by atoms with Crippen LogP contribution in [0.3, 0.4) is 0 Å². The summed E-state index contributed by atoms with van der Waals surface area (Å²) in [4.78, 5) is 11.6. The highest BCUT2D eigenvalue weighted by molar-refractivity contribution is 14.1. The average molecular weight is 334 g/mol. The Balaban J connectivity index is 2.19. The van der Waals surface area contributed by atoms with Crippen molar-refractivity contribution < 1.29 is 9.53 Å². The van der Waals surface area contributed by atoms with Crippen molar-refractivity contribution >= 4 is 28.6 Å². The molecule has 0 aromatic carbocycles. The second-order valence-corrected chi connectivity index (χ2v) is 4.97. The van der Waals surface area contributed by atoms with Gasteiger partial charge in [0.05, 0.1) is 18.8 Å². The highest BCUT2D eigenvalue weighted by Crippen LogP contribution is 2.31.